The molecule has 1 aliphatic carbocycles. The quantitative estimate of drug-likeness (QED) is 0.659. The van der Waals surface area contributed by atoms with Gasteiger partial charge >= 0.3 is 0 Å². The van der Waals surface area contributed by atoms with Crippen LogP contribution >= 0.6 is 11.8 Å². The Kier molecular flexibility index (Phi) is 3.63. The number of hydrogen-bond acceptors (Lipinski definition) is 2. The van der Waals surface area contributed by atoms with Gasteiger partial charge in [-0.15, -0.1) is 0 Å². The second kappa shape index (κ2) is 4.31. The molecule has 0 aromatic carbocycles. The average molecular weight is 186 g/mol. The fourth-order valence-electron chi connectivity index (χ4n) is 1.97. The number of carbonyl (C=O) groups excluding carboxylic acids is 1. The van der Waals surface area contributed by atoms with Crippen molar-refractivity contribution in [2.75, 3.05) is 6.26 Å². The third kappa shape index (κ3) is 2.25. The van der Waals surface area contributed by atoms with E-state index in [1.165, 1.54) is 0 Å². The van der Waals surface area contributed by atoms with Gasteiger partial charge in [0, 0.05) is 18.1 Å². The van der Waals surface area contributed by atoms with Crippen molar-refractivity contribution in [3.05, 3.63) is 0 Å². The standard InChI is InChI=1S/C10H18OS/c1-7(2)9-6-8(11)4-5-10(9)12-3/h7,9-10H,4-6H2,1-3H3/t9-,10-/m0/s1. The van der Waals surface area contributed by atoms with Crippen molar-refractivity contribution < 1.29 is 4.79 Å². The molecule has 0 unspecified atom stereocenters. The summed E-state index contributed by atoms with van der Waals surface area (Å²) >= 11 is 1.93. The first kappa shape index (κ1) is 10.1. The highest BCUT2D eigenvalue weighted by atomic mass is 32.2. The Bertz CT molecular complexity index is 165. The Morgan fingerprint density at radius 2 is 2.17 bits per heavy atom. The molecule has 0 amide bonds. The molecule has 0 aromatic heterocycles. The van der Waals surface area contributed by atoms with Gasteiger partial charge in [0.15, 0.2) is 0 Å². The molecule has 1 nitrogen and oxygen atoms in total. The summed E-state index contributed by atoms with van der Waals surface area (Å²) in [6.45, 7) is 4.46. The molecule has 1 saturated carbocycles. The topological polar surface area (TPSA) is 17.1 Å². The van der Waals surface area contributed by atoms with E-state index in [1.807, 2.05) is 11.8 Å². The van der Waals surface area contributed by atoms with E-state index in [2.05, 4.69) is 20.1 Å². The van der Waals surface area contributed by atoms with Crippen molar-refractivity contribution in [2.24, 2.45) is 11.8 Å². The Balaban J connectivity index is 2.57. The van der Waals surface area contributed by atoms with Crippen LogP contribution in [0.5, 0.6) is 0 Å². The van der Waals surface area contributed by atoms with Crippen LogP contribution in [0.1, 0.15) is 33.1 Å². The predicted octanol–water partition coefficient (Wildman–Crippen LogP) is 2.74. The largest absolute Gasteiger partial charge is 0.300 e. The molecule has 0 heterocycles. The lowest BCUT2D eigenvalue weighted by atomic mass is 9.81. The van der Waals surface area contributed by atoms with E-state index < -0.39 is 0 Å². The van der Waals surface area contributed by atoms with Gasteiger partial charge in [0.2, 0.25) is 0 Å². The Morgan fingerprint density at radius 1 is 1.50 bits per heavy atom. The molecule has 0 spiro atoms. The van der Waals surface area contributed by atoms with Crippen LogP contribution in [0, 0.1) is 11.8 Å². The molecular formula is C10H18OS. The minimum absolute atomic E-state index is 0.471. The van der Waals surface area contributed by atoms with Crippen LogP contribution < -0.4 is 0 Å². The molecule has 1 rings (SSSR count). The molecule has 2 atom stereocenters. The molecule has 1 fully saturated rings. The lowest BCUT2D eigenvalue weighted by Crippen LogP contribution is -2.30. The van der Waals surface area contributed by atoms with E-state index in [9.17, 15) is 4.79 Å². The minimum atomic E-state index is 0.471. The minimum Gasteiger partial charge on any atom is -0.300 e. The van der Waals surface area contributed by atoms with E-state index in [-0.39, 0.29) is 0 Å². The molecule has 70 valence electrons. The first-order valence-corrected chi connectivity index (χ1v) is 5.98. The molecule has 0 N–H and O–H groups in total. The Labute approximate surface area is 79.3 Å². The normalized spacial score (nSPS) is 31.2. The average Bonchev–Trinajstić information content (AvgIpc) is 2.04. The first-order chi connectivity index (χ1) is 5.65. The molecule has 1 aliphatic rings. The van der Waals surface area contributed by atoms with Crippen LogP contribution in [0.4, 0.5) is 0 Å². The highest BCUT2D eigenvalue weighted by Crippen LogP contribution is 2.34. The van der Waals surface area contributed by atoms with E-state index in [0.717, 1.165) is 24.5 Å². The van der Waals surface area contributed by atoms with Crippen molar-refractivity contribution >= 4 is 17.5 Å². The van der Waals surface area contributed by atoms with Gasteiger partial charge in [-0.3, -0.25) is 4.79 Å². The van der Waals surface area contributed by atoms with Crippen molar-refractivity contribution in [1.29, 1.82) is 0 Å². The van der Waals surface area contributed by atoms with Crippen LogP contribution in [0.25, 0.3) is 0 Å². The maximum Gasteiger partial charge on any atom is 0.133 e. The van der Waals surface area contributed by atoms with E-state index in [1.54, 1.807) is 0 Å². The molecule has 0 bridgehead atoms. The molecule has 0 aromatic rings. The third-order valence-corrected chi connectivity index (χ3v) is 4.00. The predicted molar refractivity (Wildman–Crippen MR) is 54.5 cm³/mol. The molecule has 12 heavy (non-hydrogen) atoms. The van der Waals surface area contributed by atoms with Crippen molar-refractivity contribution in [3.8, 4) is 0 Å². The third-order valence-electron chi connectivity index (χ3n) is 2.81. The number of rotatable bonds is 2. The molecular weight excluding hydrogens is 168 g/mol. The van der Waals surface area contributed by atoms with Gasteiger partial charge in [-0.1, -0.05) is 13.8 Å². The zero-order valence-electron chi connectivity index (χ0n) is 8.17. The lowest BCUT2D eigenvalue weighted by molar-refractivity contribution is -0.121. The van der Waals surface area contributed by atoms with Crippen molar-refractivity contribution in [1.82, 2.24) is 0 Å². The maximum absolute atomic E-state index is 11.2. The summed E-state index contributed by atoms with van der Waals surface area (Å²) in [7, 11) is 0. The second-order valence-corrected chi connectivity index (χ2v) is 5.04. The Morgan fingerprint density at radius 3 is 2.67 bits per heavy atom. The van der Waals surface area contributed by atoms with E-state index in [0.29, 0.717) is 17.6 Å². The van der Waals surface area contributed by atoms with Gasteiger partial charge in [-0.2, -0.15) is 11.8 Å². The van der Waals surface area contributed by atoms with Crippen LogP contribution in [0.2, 0.25) is 0 Å². The van der Waals surface area contributed by atoms with Gasteiger partial charge in [0.1, 0.15) is 5.78 Å². The lowest BCUT2D eigenvalue weighted by Gasteiger charge is -2.32. The van der Waals surface area contributed by atoms with E-state index in [4.69, 9.17) is 0 Å². The second-order valence-electron chi connectivity index (χ2n) is 3.96. The Hall–Kier alpha value is 0.0200. The number of Topliss-reactive ketones (excluding diaryl/α,β-unsaturated/α-hetero) is 1. The van der Waals surface area contributed by atoms with Gasteiger partial charge < -0.3 is 0 Å². The number of carbonyl (C=O) groups is 1. The first-order valence-electron chi connectivity index (χ1n) is 4.69. The van der Waals surface area contributed by atoms with Crippen molar-refractivity contribution in [3.63, 3.8) is 0 Å². The SMILES string of the molecule is CS[C@H]1CCC(=O)C[C@H]1C(C)C. The summed E-state index contributed by atoms with van der Waals surface area (Å²) in [5.41, 5.74) is 0. The highest BCUT2D eigenvalue weighted by Gasteiger charge is 2.30. The molecule has 2 heteroatoms. The van der Waals surface area contributed by atoms with Gasteiger partial charge in [0.25, 0.3) is 0 Å². The van der Waals surface area contributed by atoms with Crippen LogP contribution in [0.15, 0.2) is 0 Å². The van der Waals surface area contributed by atoms with Gasteiger partial charge in [-0.25, -0.2) is 0 Å². The van der Waals surface area contributed by atoms with Crippen LogP contribution in [-0.4, -0.2) is 17.3 Å². The number of ketones is 1. The molecule has 0 saturated heterocycles. The summed E-state index contributed by atoms with van der Waals surface area (Å²) in [6, 6.07) is 0. The smallest absolute Gasteiger partial charge is 0.133 e. The number of hydrogen-bond donors (Lipinski definition) is 0. The monoisotopic (exact) mass is 186 g/mol. The van der Waals surface area contributed by atoms with Crippen LogP contribution in [0.3, 0.4) is 0 Å². The maximum atomic E-state index is 11.2. The van der Waals surface area contributed by atoms with Crippen molar-refractivity contribution in [2.45, 2.75) is 38.4 Å². The summed E-state index contributed by atoms with van der Waals surface area (Å²) in [5, 5.41) is 0.725. The number of thioether (sulfide) groups is 1. The zero-order valence-corrected chi connectivity index (χ0v) is 8.99. The fraction of sp³-hybridized carbons (Fsp3) is 0.900. The summed E-state index contributed by atoms with van der Waals surface area (Å²) in [4.78, 5) is 11.2. The van der Waals surface area contributed by atoms with Gasteiger partial charge in [-0.05, 0) is 24.5 Å². The summed E-state index contributed by atoms with van der Waals surface area (Å²) < 4.78 is 0. The summed E-state index contributed by atoms with van der Waals surface area (Å²) in [5.74, 6) is 1.76. The van der Waals surface area contributed by atoms with Gasteiger partial charge in [0.05, 0.1) is 0 Å². The van der Waals surface area contributed by atoms with E-state index >= 15 is 0 Å². The summed E-state index contributed by atoms with van der Waals surface area (Å²) in [6.07, 6.45) is 4.90. The zero-order chi connectivity index (χ0) is 9.14. The van der Waals surface area contributed by atoms with Crippen LogP contribution in [-0.2, 0) is 4.79 Å². The fourth-order valence-corrected chi connectivity index (χ4v) is 3.09. The molecule has 0 aliphatic heterocycles. The highest BCUT2D eigenvalue weighted by molar-refractivity contribution is 7.99. The molecule has 0 radical (unpaired) electrons.